The van der Waals surface area contributed by atoms with Crippen LogP contribution in [0.4, 0.5) is 5.82 Å². The molecule has 3 rings (SSSR count). The normalized spacial score (nSPS) is 23.5. The van der Waals surface area contributed by atoms with Gasteiger partial charge in [0, 0.05) is 57.9 Å². The van der Waals surface area contributed by atoms with Crippen LogP contribution in [-0.2, 0) is 9.53 Å². The molecule has 2 fully saturated rings. The Morgan fingerprint density at radius 3 is 2.88 bits per heavy atom. The zero-order valence-corrected chi connectivity index (χ0v) is 15.3. The molecule has 2 aliphatic heterocycles. The smallest absolute Gasteiger partial charge is 0.337 e. The molecule has 0 aliphatic carbocycles. The molecule has 142 valence electrons. The van der Waals surface area contributed by atoms with E-state index in [0.717, 1.165) is 57.7 Å². The lowest BCUT2D eigenvalue weighted by molar-refractivity contribution is -0.138. The standard InChI is InChI=1S/C19H27N3O4/c1-26-11-3-10-22-14-19(8-6-17(22)23)7-2-9-21(13-19)16-5-4-15(12-20-16)18(24)25/h4-5,12H,2-3,6-11,13-14H2,1H3,(H,24,25). The van der Waals surface area contributed by atoms with Crippen LogP contribution < -0.4 is 4.90 Å². The van der Waals surface area contributed by atoms with Crippen molar-refractivity contribution in [1.82, 2.24) is 9.88 Å². The number of carbonyl (C=O) groups excluding carboxylic acids is 1. The van der Waals surface area contributed by atoms with Gasteiger partial charge >= 0.3 is 5.97 Å². The molecule has 1 spiro atoms. The van der Waals surface area contributed by atoms with Crippen molar-refractivity contribution < 1.29 is 19.4 Å². The van der Waals surface area contributed by atoms with Gasteiger partial charge in [-0.3, -0.25) is 4.79 Å². The number of aromatic carboxylic acids is 1. The van der Waals surface area contributed by atoms with Crippen molar-refractivity contribution in [2.24, 2.45) is 5.41 Å². The number of amides is 1. The Bertz CT molecular complexity index is 649. The van der Waals surface area contributed by atoms with Crippen LogP contribution in [0.15, 0.2) is 18.3 Å². The number of carbonyl (C=O) groups is 2. The van der Waals surface area contributed by atoms with E-state index < -0.39 is 5.97 Å². The number of hydrogen-bond donors (Lipinski definition) is 1. The van der Waals surface area contributed by atoms with E-state index in [-0.39, 0.29) is 16.9 Å². The molecule has 1 unspecified atom stereocenters. The number of methoxy groups -OCH3 is 1. The summed E-state index contributed by atoms with van der Waals surface area (Å²) in [4.78, 5) is 31.8. The largest absolute Gasteiger partial charge is 0.478 e. The van der Waals surface area contributed by atoms with Crippen LogP contribution in [0.2, 0.25) is 0 Å². The van der Waals surface area contributed by atoms with Crippen molar-refractivity contribution in [3.05, 3.63) is 23.9 Å². The minimum atomic E-state index is -0.961. The van der Waals surface area contributed by atoms with E-state index in [2.05, 4.69) is 9.88 Å². The van der Waals surface area contributed by atoms with Gasteiger partial charge in [-0.25, -0.2) is 9.78 Å². The average Bonchev–Trinajstić information content (AvgIpc) is 2.65. The van der Waals surface area contributed by atoms with Crippen LogP contribution in [0.5, 0.6) is 0 Å². The second-order valence-electron chi connectivity index (χ2n) is 7.40. The Morgan fingerprint density at radius 1 is 1.35 bits per heavy atom. The highest BCUT2D eigenvalue weighted by Gasteiger charge is 2.41. The predicted octanol–water partition coefficient (Wildman–Crippen LogP) is 2.03. The fraction of sp³-hybridized carbons (Fsp3) is 0.632. The van der Waals surface area contributed by atoms with Gasteiger partial charge in [0.1, 0.15) is 5.82 Å². The third-order valence-corrected chi connectivity index (χ3v) is 5.50. The highest BCUT2D eigenvalue weighted by Crippen LogP contribution is 2.39. The molecule has 0 aromatic carbocycles. The van der Waals surface area contributed by atoms with Crippen molar-refractivity contribution in [1.29, 1.82) is 0 Å². The van der Waals surface area contributed by atoms with Gasteiger partial charge in [-0.2, -0.15) is 0 Å². The summed E-state index contributed by atoms with van der Waals surface area (Å²) in [5.74, 6) is 0.0985. The third-order valence-electron chi connectivity index (χ3n) is 5.50. The van der Waals surface area contributed by atoms with Crippen LogP contribution in [0.1, 0.15) is 42.5 Å². The predicted molar refractivity (Wildman–Crippen MR) is 97.4 cm³/mol. The van der Waals surface area contributed by atoms with Gasteiger partial charge in [0.25, 0.3) is 0 Å². The number of carboxylic acids is 1. The number of nitrogens with zero attached hydrogens (tertiary/aromatic N) is 3. The van der Waals surface area contributed by atoms with Crippen molar-refractivity contribution in [3.63, 3.8) is 0 Å². The van der Waals surface area contributed by atoms with Crippen molar-refractivity contribution >= 4 is 17.7 Å². The maximum Gasteiger partial charge on any atom is 0.337 e. The number of pyridine rings is 1. The molecule has 3 heterocycles. The summed E-state index contributed by atoms with van der Waals surface area (Å²) >= 11 is 0. The first-order chi connectivity index (χ1) is 12.5. The topological polar surface area (TPSA) is 83.0 Å². The van der Waals surface area contributed by atoms with E-state index in [0.29, 0.717) is 13.0 Å². The summed E-state index contributed by atoms with van der Waals surface area (Å²) in [6.07, 6.45) is 5.97. The summed E-state index contributed by atoms with van der Waals surface area (Å²) in [5, 5.41) is 9.03. The van der Waals surface area contributed by atoms with Gasteiger partial charge in [0.05, 0.1) is 5.56 Å². The number of likely N-dealkylation sites (tertiary alicyclic amines) is 1. The highest BCUT2D eigenvalue weighted by atomic mass is 16.5. The Hall–Kier alpha value is -2.15. The number of piperidine rings is 2. The van der Waals surface area contributed by atoms with E-state index in [1.165, 1.54) is 6.20 Å². The van der Waals surface area contributed by atoms with Gasteiger partial charge in [0.2, 0.25) is 5.91 Å². The minimum absolute atomic E-state index is 0.104. The quantitative estimate of drug-likeness (QED) is 0.781. The second kappa shape index (κ2) is 8.03. The zero-order chi connectivity index (χ0) is 18.6. The van der Waals surface area contributed by atoms with Crippen molar-refractivity contribution in [2.45, 2.75) is 32.1 Å². The molecule has 1 amide bonds. The monoisotopic (exact) mass is 361 g/mol. The van der Waals surface area contributed by atoms with E-state index in [1.807, 2.05) is 4.90 Å². The molecule has 0 radical (unpaired) electrons. The average molecular weight is 361 g/mol. The molecule has 26 heavy (non-hydrogen) atoms. The van der Waals surface area contributed by atoms with E-state index in [4.69, 9.17) is 9.84 Å². The fourth-order valence-electron chi connectivity index (χ4n) is 4.14. The number of rotatable bonds is 6. The molecule has 0 saturated carbocycles. The van der Waals surface area contributed by atoms with Gasteiger partial charge in [-0.05, 0) is 37.8 Å². The molecule has 1 N–H and O–H groups in total. The maximum atomic E-state index is 12.3. The molecule has 7 heteroatoms. The maximum absolute atomic E-state index is 12.3. The molecule has 1 atom stereocenters. The van der Waals surface area contributed by atoms with Crippen LogP contribution in [-0.4, -0.2) is 66.8 Å². The molecular formula is C19H27N3O4. The van der Waals surface area contributed by atoms with Crippen LogP contribution >= 0.6 is 0 Å². The molecule has 2 aliphatic rings. The molecule has 0 bridgehead atoms. The van der Waals surface area contributed by atoms with E-state index in [9.17, 15) is 9.59 Å². The molecular weight excluding hydrogens is 334 g/mol. The molecule has 1 aromatic rings. The van der Waals surface area contributed by atoms with E-state index >= 15 is 0 Å². The SMILES string of the molecule is COCCCN1CC2(CCCN(c3ccc(C(=O)O)cn3)C2)CCC1=O. The number of ether oxygens (including phenoxy) is 1. The second-order valence-corrected chi connectivity index (χ2v) is 7.40. The molecule has 1 aromatic heterocycles. The third kappa shape index (κ3) is 4.15. The lowest BCUT2D eigenvalue weighted by Crippen LogP contribution is -2.54. The van der Waals surface area contributed by atoms with Crippen molar-refractivity contribution in [2.75, 3.05) is 44.8 Å². The van der Waals surface area contributed by atoms with Gasteiger partial charge in [-0.1, -0.05) is 0 Å². The number of aromatic nitrogens is 1. The van der Waals surface area contributed by atoms with Crippen molar-refractivity contribution in [3.8, 4) is 0 Å². The minimum Gasteiger partial charge on any atom is -0.478 e. The first-order valence-corrected chi connectivity index (χ1v) is 9.24. The number of hydrogen-bond acceptors (Lipinski definition) is 5. The lowest BCUT2D eigenvalue weighted by atomic mass is 9.73. The highest BCUT2D eigenvalue weighted by molar-refractivity contribution is 5.87. The van der Waals surface area contributed by atoms with Crippen LogP contribution in [0.25, 0.3) is 0 Å². The van der Waals surface area contributed by atoms with Gasteiger partial charge in [0.15, 0.2) is 0 Å². The number of anilines is 1. The summed E-state index contributed by atoms with van der Waals surface area (Å²) in [5.41, 5.74) is 0.305. The molecule has 2 saturated heterocycles. The number of carboxylic acid groups (broad SMARTS) is 1. The fourth-order valence-corrected chi connectivity index (χ4v) is 4.14. The molecule has 7 nitrogen and oxygen atoms in total. The Labute approximate surface area is 153 Å². The van der Waals surface area contributed by atoms with Crippen LogP contribution in [0, 0.1) is 5.41 Å². The Morgan fingerprint density at radius 2 is 2.19 bits per heavy atom. The van der Waals surface area contributed by atoms with Gasteiger partial charge < -0.3 is 19.6 Å². The summed E-state index contributed by atoms with van der Waals surface area (Å²) in [6.45, 7) is 3.99. The summed E-state index contributed by atoms with van der Waals surface area (Å²) < 4.78 is 5.11. The van der Waals surface area contributed by atoms with Crippen LogP contribution in [0.3, 0.4) is 0 Å². The van der Waals surface area contributed by atoms with Gasteiger partial charge in [-0.15, -0.1) is 0 Å². The Kier molecular flexibility index (Phi) is 5.76. The first kappa shape index (κ1) is 18.6. The summed E-state index contributed by atoms with van der Waals surface area (Å²) in [7, 11) is 1.68. The zero-order valence-electron chi connectivity index (χ0n) is 15.3. The Balaban J connectivity index is 1.68. The first-order valence-electron chi connectivity index (χ1n) is 9.24. The van der Waals surface area contributed by atoms with E-state index in [1.54, 1.807) is 19.2 Å². The summed E-state index contributed by atoms with van der Waals surface area (Å²) in [6, 6.07) is 3.39. The lowest BCUT2D eigenvalue weighted by Gasteiger charge is -2.48.